The summed E-state index contributed by atoms with van der Waals surface area (Å²) in [5.41, 5.74) is 3.11. The van der Waals surface area contributed by atoms with Crippen LogP contribution in [0.1, 0.15) is 21.7 Å². The number of anilines is 1. The molecule has 0 radical (unpaired) electrons. The van der Waals surface area contributed by atoms with Crippen molar-refractivity contribution in [1.29, 1.82) is 5.26 Å². The molecule has 0 fully saturated rings. The van der Waals surface area contributed by atoms with Crippen molar-refractivity contribution in [3.05, 3.63) is 59.5 Å². The minimum Gasteiger partial charge on any atom is -0.346 e. The van der Waals surface area contributed by atoms with Gasteiger partial charge in [-0.2, -0.15) is 5.26 Å². The maximum atomic E-state index is 12.5. The summed E-state index contributed by atoms with van der Waals surface area (Å²) in [5, 5.41) is 13.0. The molecular formula is C20H21N5O. The fourth-order valence-corrected chi connectivity index (χ4v) is 2.77. The fourth-order valence-electron chi connectivity index (χ4n) is 2.77. The monoisotopic (exact) mass is 347 g/mol. The second kappa shape index (κ2) is 7.38. The number of aromatic nitrogens is 2. The second-order valence-electron chi connectivity index (χ2n) is 6.48. The van der Waals surface area contributed by atoms with Gasteiger partial charge in [0.05, 0.1) is 16.8 Å². The molecule has 0 saturated carbocycles. The van der Waals surface area contributed by atoms with E-state index in [1.807, 2.05) is 32.3 Å². The Morgan fingerprint density at radius 3 is 2.77 bits per heavy atom. The lowest BCUT2D eigenvalue weighted by Gasteiger charge is -2.12. The van der Waals surface area contributed by atoms with Crippen molar-refractivity contribution in [2.45, 2.75) is 13.5 Å². The number of fused-ring (bicyclic) bond motifs is 1. The highest BCUT2D eigenvalue weighted by molar-refractivity contribution is 6.03. The first-order valence-corrected chi connectivity index (χ1v) is 8.40. The number of nitriles is 1. The van der Waals surface area contributed by atoms with E-state index in [-0.39, 0.29) is 5.91 Å². The minimum absolute atomic E-state index is 0.289. The molecule has 26 heavy (non-hydrogen) atoms. The van der Waals surface area contributed by atoms with Crippen LogP contribution in [0.15, 0.2) is 42.6 Å². The van der Waals surface area contributed by atoms with Gasteiger partial charge in [0.15, 0.2) is 0 Å². The third-order valence-electron chi connectivity index (χ3n) is 4.26. The van der Waals surface area contributed by atoms with Gasteiger partial charge in [0, 0.05) is 25.0 Å². The molecular weight excluding hydrogens is 326 g/mol. The fraction of sp³-hybridized carbons (Fsp3) is 0.250. The van der Waals surface area contributed by atoms with Gasteiger partial charge in [-0.1, -0.05) is 6.07 Å². The van der Waals surface area contributed by atoms with Crippen LogP contribution in [-0.4, -0.2) is 41.0 Å². The largest absolute Gasteiger partial charge is 0.346 e. The first-order valence-electron chi connectivity index (χ1n) is 8.40. The Morgan fingerprint density at radius 1 is 1.27 bits per heavy atom. The number of hydrogen-bond donors (Lipinski definition) is 1. The van der Waals surface area contributed by atoms with Gasteiger partial charge in [0.1, 0.15) is 11.8 Å². The maximum absolute atomic E-state index is 12.5. The summed E-state index contributed by atoms with van der Waals surface area (Å²) in [6.45, 7) is 3.54. The Labute approximate surface area is 152 Å². The van der Waals surface area contributed by atoms with Crippen LogP contribution >= 0.6 is 0 Å². The summed E-state index contributed by atoms with van der Waals surface area (Å²) < 4.78 is 2.18. The number of nitrogens with one attached hydrogen (secondary N) is 1. The van der Waals surface area contributed by atoms with Gasteiger partial charge in [-0.25, -0.2) is 4.98 Å². The number of nitrogens with zero attached hydrogens (tertiary/aromatic N) is 4. The van der Waals surface area contributed by atoms with Crippen LogP contribution in [0.2, 0.25) is 0 Å². The summed E-state index contributed by atoms with van der Waals surface area (Å²) in [5.74, 6) is -0.289. The molecule has 0 atom stereocenters. The van der Waals surface area contributed by atoms with Crippen LogP contribution in [0.4, 0.5) is 5.69 Å². The number of pyridine rings is 1. The molecule has 1 N–H and O–H groups in total. The molecule has 0 bridgehead atoms. The molecule has 2 aromatic heterocycles. The van der Waals surface area contributed by atoms with Crippen molar-refractivity contribution >= 4 is 22.5 Å². The molecule has 0 unspecified atom stereocenters. The molecule has 0 aliphatic rings. The molecule has 0 saturated heterocycles. The molecule has 6 nitrogen and oxygen atoms in total. The van der Waals surface area contributed by atoms with Crippen molar-refractivity contribution in [3.63, 3.8) is 0 Å². The molecule has 0 aliphatic carbocycles. The van der Waals surface area contributed by atoms with Crippen LogP contribution in [0.25, 0.3) is 10.9 Å². The van der Waals surface area contributed by atoms with Gasteiger partial charge in [-0.3, -0.25) is 4.79 Å². The first kappa shape index (κ1) is 17.6. The smallest absolute Gasteiger partial charge is 0.274 e. The lowest BCUT2D eigenvalue weighted by molar-refractivity contribution is 0.102. The van der Waals surface area contributed by atoms with Gasteiger partial charge >= 0.3 is 0 Å². The summed E-state index contributed by atoms with van der Waals surface area (Å²) in [6.07, 6.45) is 2.06. The Morgan fingerprint density at radius 2 is 2.08 bits per heavy atom. The SMILES string of the molecule is Cc1nc(C(=O)Nc2ccc3ccn(CCN(C)C)c3c2)ccc1C#N. The van der Waals surface area contributed by atoms with E-state index in [2.05, 4.69) is 38.1 Å². The number of hydrogen-bond acceptors (Lipinski definition) is 4. The van der Waals surface area contributed by atoms with E-state index in [4.69, 9.17) is 5.26 Å². The summed E-state index contributed by atoms with van der Waals surface area (Å²) >= 11 is 0. The highest BCUT2D eigenvalue weighted by atomic mass is 16.1. The van der Waals surface area contributed by atoms with Crippen LogP contribution in [0.5, 0.6) is 0 Å². The van der Waals surface area contributed by atoms with E-state index in [9.17, 15) is 4.79 Å². The molecule has 1 amide bonds. The van der Waals surface area contributed by atoms with Crippen molar-refractivity contribution in [2.75, 3.05) is 26.0 Å². The number of benzene rings is 1. The molecule has 6 heteroatoms. The number of carbonyl (C=O) groups excluding carboxylic acids is 1. The number of aryl methyl sites for hydroxylation is 1. The number of likely N-dealkylation sites (N-methyl/N-ethyl adjacent to an activating group) is 1. The van der Waals surface area contributed by atoms with Crippen LogP contribution in [-0.2, 0) is 6.54 Å². The topological polar surface area (TPSA) is 74.0 Å². The molecule has 132 valence electrons. The normalized spacial score (nSPS) is 10.9. The van der Waals surface area contributed by atoms with Crippen molar-refractivity contribution in [2.24, 2.45) is 0 Å². The average molecular weight is 347 g/mol. The van der Waals surface area contributed by atoms with Gasteiger partial charge in [-0.05, 0) is 56.7 Å². The minimum atomic E-state index is -0.289. The Balaban J connectivity index is 1.82. The van der Waals surface area contributed by atoms with Crippen LogP contribution < -0.4 is 5.32 Å². The zero-order valence-corrected chi connectivity index (χ0v) is 15.2. The number of rotatable bonds is 5. The highest BCUT2D eigenvalue weighted by Crippen LogP contribution is 2.21. The quantitative estimate of drug-likeness (QED) is 0.770. The standard InChI is InChI=1S/C20H21N5O/c1-14-16(13-21)5-7-18(22-14)20(26)23-17-6-4-15-8-9-25(19(15)12-17)11-10-24(2)3/h4-9,12H,10-11H2,1-3H3,(H,23,26). The second-order valence-corrected chi connectivity index (χ2v) is 6.48. The summed E-state index contributed by atoms with van der Waals surface area (Å²) in [6, 6.07) is 13.2. The van der Waals surface area contributed by atoms with E-state index in [0.29, 0.717) is 17.0 Å². The van der Waals surface area contributed by atoms with Gasteiger partial charge < -0.3 is 14.8 Å². The van der Waals surface area contributed by atoms with Crippen molar-refractivity contribution < 1.29 is 4.79 Å². The molecule has 0 spiro atoms. The molecule has 3 rings (SSSR count). The Hall–Kier alpha value is -3.17. The zero-order valence-electron chi connectivity index (χ0n) is 15.2. The number of amides is 1. The average Bonchev–Trinajstić information content (AvgIpc) is 3.02. The summed E-state index contributed by atoms with van der Waals surface area (Å²) in [4.78, 5) is 18.8. The lowest BCUT2D eigenvalue weighted by atomic mass is 10.2. The maximum Gasteiger partial charge on any atom is 0.274 e. The highest BCUT2D eigenvalue weighted by Gasteiger charge is 2.11. The Bertz CT molecular complexity index is 997. The predicted molar refractivity (Wildman–Crippen MR) is 102 cm³/mol. The van der Waals surface area contributed by atoms with Gasteiger partial charge in [0.2, 0.25) is 0 Å². The van der Waals surface area contributed by atoms with Gasteiger partial charge in [0.25, 0.3) is 5.91 Å². The molecule has 2 heterocycles. The first-order chi connectivity index (χ1) is 12.5. The van der Waals surface area contributed by atoms with E-state index in [1.165, 1.54) is 0 Å². The Kier molecular flexibility index (Phi) is 5.01. The third-order valence-corrected chi connectivity index (χ3v) is 4.26. The number of carbonyl (C=O) groups is 1. The van der Waals surface area contributed by atoms with Crippen molar-refractivity contribution in [1.82, 2.24) is 14.5 Å². The molecule has 3 aromatic rings. The van der Waals surface area contributed by atoms with E-state index < -0.39 is 0 Å². The summed E-state index contributed by atoms with van der Waals surface area (Å²) in [7, 11) is 4.09. The lowest BCUT2D eigenvalue weighted by Crippen LogP contribution is -2.18. The predicted octanol–water partition coefficient (Wildman–Crippen LogP) is 3.03. The molecule has 0 aliphatic heterocycles. The zero-order chi connectivity index (χ0) is 18.7. The van der Waals surface area contributed by atoms with E-state index >= 15 is 0 Å². The van der Waals surface area contributed by atoms with Gasteiger partial charge in [-0.15, -0.1) is 0 Å². The molecule has 1 aromatic carbocycles. The third kappa shape index (κ3) is 3.73. The van der Waals surface area contributed by atoms with Crippen LogP contribution in [0, 0.1) is 18.3 Å². The van der Waals surface area contributed by atoms with E-state index in [1.54, 1.807) is 19.1 Å². The van der Waals surface area contributed by atoms with E-state index in [0.717, 1.165) is 29.7 Å². The van der Waals surface area contributed by atoms with Crippen LogP contribution in [0.3, 0.4) is 0 Å². The van der Waals surface area contributed by atoms with Crippen molar-refractivity contribution in [3.8, 4) is 6.07 Å².